The zero-order chi connectivity index (χ0) is 14.8. The molecule has 0 aromatic carbocycles. The van der Waals surface area contributed by atoms with Crippen LogP contribution in [0, 0.1) is 18.3 Å². The van der Waals surface area contributed by atoms with Crippen molar-refractivity contribution in [2.45, 2.75) is 40.7 Å². The third kappa shape index (κ3) is 3.95. The first kappa shape index (κ1) is 15.3. The molecule has 1 aromatic heterocycles. The Balaban J connectivity index is 1.94. The van der Waals surface area contributed by atoms with Gasteiger partial charge < -0.3 is 10.2 Å². The highest BCUT2D eigenvalue weighted by Crippen LogP contribution is 2.51. The van der Waals surface area contributed by atoms with Crippen LogP contribution < -0.4 is 5.32 Å². The van der Waals surface area contributed by atoms with Crippen molar-refractivity contribution in [2.75, 3.05) is 20.1 Å². The van der Waals surface area contributed by atoms with Gasteiger partial charge in [-0.1, -0.05) is 13.8 Å². The SMILES string of the molecule is CCNC(=NCC1CC1(C)C)N(C)Cc1csc(C)n1. The van der Waals surface area contributed by atoms with E-state index in [2.05, 4.69) is 48.4 Å². The number of hydrogen-bond acceptors (Lipinski definition) is 3. The van der Waals surface area contributed by atoms with E-state index in [4.69, 9.17) is 4.99 Å². The van der Waals surface area contributed by atoms with Crippen LogP contribution in [0.3, 0.4) is 0 Å². The molecule has 0 spiro atoms. The van der Waals surface area contributed by atoms with Crippen LogP contribution in [0.2, 0.25) is 0 Å². The lowest BCUT2D eigenvalue weighted by molar-refractivity contribution is 0.467. The van der Waals surface area contributed by atoms with Gasteiger partial charge in [0.05, 0.1) is 17.2 Å². The summed E-state index contributed by atoms with van der Waals surface area (Å²) in [5, 5.41) is 6.62. The molecular formula is C15H26N4S. The minimum Gasteiger partial charge on any atom is -0.357 e. The predicted octanol–water partition coefficient (Wildman–Crippen LogP) is 2.89. The van der Waals surface area contributed by atoms with Crippen molar-refractivity contribution < 1.29 is 0 Å². The second kappa shape index (κ2) is 6.12. The molecule has 5 heteroatoms. The van der Waals surface area contributed by atoms with E-state index in [0.717, 1.165) is 42.2 Å². The van der Waals surface area contributed by atoms with Crippen LogP contribution in [0.25, 0.3) is 0 Å². The maximum Gasteiger partial charge on any atom is 0.194 e. The zero-order valence-electron chi connectivity index (χ0n) is 13.2. The summed E-state index contributed by atoms with van der Waals surface area (Å²) in [7, 11) is 2.08. The lowest BCUT2D eigenvalue weighted by Gasteiger charge is -2.21. The Kier molecular flexibility index (Phi) is 4.68. The van der Waals surface area contributed by atoms with Crippen molar-refractivity contribution in [1.29, 1.82) is 0 Å². The number of aromatic nitrogens is 1. The van der Waals surface area contributed by atoms with E-state index >= 15 is 0 Å². The highest BCUT2D eigenvalue weighted by atomic mass is 32.1. The second-order valence-corrected chi connectivity index (χ2v) is 7.36. The van der Waals surface area contributed by atoms with Crippen LogP contribution in [-0.4, -0.2) is 36.0 Å². The summed E-state index contributed by atoms with van der Waals surface area (Å²) < 4.78 is 0. The lowest BCUT2D eigenvalue weighted by atomic mass is 10.1. The third-order valence-electron chi connectivity index (χ3n) is 3.94. The standard InChI is InChI=1S/C15H26N4S/c1-6-16-14(17-8-12-7-15(12,3)4)19(5)9-13-10-20-11(2)18-13/h10,12H,6-9H2,1-5H3,(H,16,17). The van der Waals surface area contributed by atoms with Gasteiger partial charge in [0.15, 0.2) is 5.96 Å². The average molecular weight is 294 g/mol. The van der Waals surface area contributed by atoms with E-state index in [1.807, 2.05) is 6.92 Å². The van der Waals surface area contributed by atoms with Crippen LogP contribution in [0.4, 0.5) is 0 Å². The summed E-state index contributed by atoms with van der Waals surface area (Å²) in [4.78, 5) is 11.5. The Bertz CT molecular complexity index is 478. The summed E-state index contributed by atoms with van der Waals surface area (Å²) in [6, 6.07) is 0. The molecular weight excluding hydrogens is 268 g/mol. The molecule has 0 radical (unpaired) electrons. The second-order valence-electron chi connectivity index (χ2n) is 6.30. The largest absolute Gasteiger partial charge is 0.357 e. The van der Waals surface area contributed by atoms with E-state index in [-0.39, 0.29) is 0 Å². The number of aliphatic imine (C=N–C) groups is 1. The maximum atomic E-state index is 4.78. The van der Waals surface area contributed by atoms with Crippen LogP contribution >= 0.6 is 11.3 Å². The van der Waals surface area contributed by atoms with Crippen molar-refractivity contribution in [3.63, 3.8) is 0 Å². The summed E-state index contributed by atoms with van der Waals surface area (Å²) in [6.07, 6.45) is 1.30. The van der Waals surface area contributed by atoms with Gasteiger partial charge in [0, 0.05) is 25.5 Å². The molecule has 1 aliphatic rings. The highest BCUT2D eigenvalue weighted by molar-refractivity contribution is 7.09. The quantitative estimate of drug-likeness (QED) is 0.670. The molecule has 0 bridgehead atoms. The van der Waals surface area contributed by atoms with Crippen LogP contribution in [0.5, 0.6) is 0 Å². The van der Waals surface area contributed by atoms with Gasteiger partial charge in [-0.05, 0) is 31.6 Å². The monoisotopic (exact) mass is 294 g/mol. The van der Waals surface area contributed by atoms with E-state index in [9.17, 15) is 0 Å². The molecule has 2 rings (SSSR count). The Morgan fingerprint density at radius 2 is 2.30 bits per heavy atom. The molecule has 0 amide bonds. The number of nitrogens with one attached hydrogen (secondary N) is 1. The molecule has 0 saturated heterocycles. The Labute approximate surface area is 126 Å². The Hall–Kier alpha value is -1.10. The topological polar surface area (TPSA) is 40.5 Å². The number of nitrogens with zero attached hydrogens (tertiary/aromatic N) is 3. The maximum absolute atomic E-state index is 4.78. The van der Waals surface area contributed by atoms with Gasteiger partial charge in [-0.15, -0.1) is 11.3 Å². The number of thiazole rings is 1. The fourth-order valence-corrected chi connectivity index (χ4v) is 2.96. The van der Waals surface area contributed by atoms with Crippen molar-refractivity contribution in [3.05, 3.63) is 16.1 Å². The van der Waals surface area contributed by atoms with Gasteiger partial charge in [-0.2, -0.15) is 0 Å². The molecule has 1 aliphatic carbocycles. The summed E-state index contributed by atoms with van der Waals surface area (Å²) in [5.41, 5.74) is 1.61. The molecule has 1 fully saturated rings. The smallest absolute Gasteiger partial charge is 0.194 e. The van der Waals surface area contributed by atoms with Crippen molar-refractivity contribution in [3.8, 4) is 0 Å². The van der Waals surface area contributed by atoms with Crippen LogP contribution in [0.1, 0.15) is 37.9 Å². The van der Waals surface area contributed by atoms with Gasteiger partial charge >= 0.3 is 0 Å². The van der Waals surface area contributed by atoms with E-state index in [1.54, 1.807) is 11.3 Å². The molecule has 1 saturated carbocycles. The first-order valence-corrected chi connectivity index (χ1v) is 8.21. The number of hydrogen-bond donors (Lipinski definition) is 1. The summed E-state index contributed by atoms with van der Waals surface area (Å²) in [5.74, 6) is 1.73. The van der Waals surface area contributed by atoms with Gasteiger partial charge in [0.1, 0.15) is 0 Å². The Morgan fingerprint density at radius 3 is 2.80 bits per heavy atom. The van der Waals surface area contributed by atoms with E-state index in [0.29, 0.717) is 5.41 Å². The number of rotatable bonds is 5. The molecule has 1 N–H and O–H groups in total. The lowest BCUT2D eigenvalue weighted by Crippen LogP contribution is -2.38. The van der Waals surface area contributed by atoms with Gasteiger partial charge in [-0.25, -0.2) is 4.98 Å². The predicted molar refractivity (Wildman–Crippen MR) is 86.2 cm³/mol. The molecule has 1 aromatic rings. The fourth-order valence-electron chi connectivity index (χ4n) is 2.35. The normalized spacial score (nSPS) is 20.9. The van der Waals surface area contributed by atoms with Gasteiger partial charge in [0.25, 0.3) is 0 Å². The number of aryl methyl sites for hydroxylation is 1. The minimum absolute atomic E-state index is 0.491. The summed E-state index contributed by atoms with van der Waals surface area (Å²) in [6.45, 7) is 11.4. The minimum atomic E-state index is 0.491. The molecule has 1 unspecified atom stereocenters. The molecule has 1 heterocycles. The van der Waals surface area contributed by atoms with Gasteiger partial charge in [-0.3, -0.25) is 4.99 Å². The Morgan fingerprint density at radius 1 is 1.60 bits per heavy atom. The molecule has 4 nitrogen and oxygen atoms in total. The summed E-state index contributed by atoms with van der Waals surface area (Å²) >= 11 is 1.70. The first-order valence-electron chi connectivity index (χ1n) is 7.33. The third-order valence-corrected chi connectivity index (χ3v) is 4.76. The van der Waals surface area contributed by atoms with Crippen molar-refractivity contribution >= 4 is 17.3 Å². The van der Waals surface area contributed by atoms with Gasteiger partial charge in [0.2, 0.25) is 0 Å². The van der Waals surface area contributed by atoms with Crippen LogP contribution in [0.15, 0.2) is 10.4 Å². The highest BCUT2D eigenvalue weighted by Gasteiger charge is 2.45. The van der Waals surface area contributed by atoms with E-state index < -0.39 is 0 Å². The first-order chi connectivity index (χ1) is 9.42. The van der Waals surface area contributed by atoms with Crippen LogP contribution in [-0.2, 0) is 6.54 Å². The molecule has 20 heavy (non-hydrogen) atoms. The number of guanidine groups is 1. The van der Waals surface area contributed by atoms with E-state index in [1.165, 1.54) is 6.42 Å². The molecule has 112 valence electrons. The average Bonchev–Trinajstić information content (AvgIpc) is 2.77. The van der Waals surface area contributed by atoms with Crippen molar-refractivity contribution in [2.24, 2.45) is 16.3 Å². The van der Waals surface area contributed by atoms with Crippen molar-refractivity contribution in [1.82, 2.24) is 15.2 Å². The zero-order valence-corrected chi connectivity index (χ0v) is 14.0. The fraction of sp³-hybridized carbons (Fsp3) is 0.733. The molecule has 1 atom stereocenters. The molecule has 0 aliphatic heterocycles.